The van der Waals surface area contributed by atoms with Crippen LogP contribution in [0.4, 0.5) is 0 Å². The van der Waals surface area contributed by atoms with Gasteiger partial charge in [-0.3, -0.25) is 4.79 Å². The lowest BCUT2D eigenvalue weighted by atomic mass is 10.2. The van der Waals surface area contributed by atoms with Crippen molar-refractivity contribution < 1.29 is 19.5 Å². The second-order valence-electron chi connectivity index (χ2n) is 4.94. The van der Waals surface area contributed by atoms with Crippen LogP contribution in [0.5, 0.6) is 0 Å². The van der Waals surface area contributed by atoms with E-state index in [1.165, 1.54) is 4.90 Å². The summed E-state index contributed by atoms with van der Waals surface area (Å²) in [6.45, 7) is 4.24. The number of aliphatic hydroxyl groups is 1. The Bertz CT molecular complexity index is 433. The van der Waals surface area contributed by atoms with Gasteiger partial charge in [0.05, 0.1) is 13.2 Å². The van der Waals surface area contributed by atoms with Crippen LogP contribution in [-0.4, -0.2) is 56.5 Å². The Morgan fingerprint density at radius 1 is 1.35 bits per heavy atom. The molecule has 1 heterocycles. The monoisotopic (exact) mass is 343 g/mol. The molecule has 1 aromatic carbocycles. The van der Waals surface area contributed by atoms with Crippen LogP contribution in [0.25, 0.3) is 0 Å². The van der Waals surface area contributed by atoms with Crippen LogP contribution in [-0.2, 0) is 4.74 Å². The number of halogens is 1. The summed E-state index contributed by atoms with van der Waals surface area (Å²) in [5, 5.41) is 12.7. The molecule has 1 saturated heterocycles. The molecule has 0 unspecified atom stereocenters. The Hall–Kier alpha value is -0.950. The molecule has 5 nitrogen and oxygen atoms in total. The van der Waals surface area contributed by atoms with E-state index in [1.807, 2.05) is 12.1 Å². The number of carbonyl (C=O) groups is 1. The van der Waals surface area contributed by atoms with E-state index in [1.54, 1.807) is 12.1 Å². The number of aliphatic hydroxyl groups excluding tert-OH is 1. The van der Waals surface area contributed by atoms with Gasteiger partial charge in [-0.15, -0.1) is 0 Å². The van der Waals surface area contributed by atoms with Crippen LogP contribution < -0.4 is 10.2 Å². The quantitative estimate of drug-likeness (QED) is 0.672. The van der Waals surface area contributed by atoms with E-state index in [9.17, 15) is 9.90 Å². The van der Waals surface area contributed by atoms with Crippen molar-refractivity contribution in [1.82, 2.24) is 5.32 Å². The molecule has 0 bridgehead atoms. The first kappa shape index (κ1) is 15.4. The highest BCUT2D eigenvalue weighted by Crippen LogP contribution is 2.10. The van der Waals surface area contributed by atoms with Gasteiger partial charge in [0.25, 0.3) is 5.91 Å². The molecular formula is C14H20BrN2O3+. The number of morpholine rings is 1. The molecule has 3 N–H and O–H groups in total. The Morgan fingerprint density at radius 3 is 2.65 bits per heavy atom. The van der Waals surface area contributed by atoms with E-state index in [4.69, 9.17) is 4.74 Å². The minimum Gasteiger partial charge on any atom is -0.385 e. The number of nitrogens with one attached hydrogen (secondary N) is 2. The molecule has 1 atom stereocenters. The van der Waals surface area contributed by atoms with Crippen LogP contribution in [0.3, 0.4) is 0 Å². The van der Waals surface area contributed by atoms with Gasteiger partial charge in [-0.25, -0.2) is 0 Å². The molecule has 0 saturated carbocycles. The standard InChI is InChI=1S/C14H19BrN2O3/c15-12-3-1-11(2-4-12)14(19)16-9-13(18)10-17-5-7-20-8-6-17/h1-4,13,18H,5-10H2,(H,16,19)/p+1/t13-/m1/s1. The third-order valence-corrected chi connectivity index (χ3v) is 3.86. The molecule has 20 heavy (non-hydrogen) atoms. The van der Waals surface area contributed by atoms with Gasteiger partial charge in [0.15, 0.2) is 0 Å². The lowest BCUT2D eigenvalue weighted by Crippen LogP contribution is -3.15. The predicted octanol–water partition coefficient (Wildman–Crippen LogP) is -0.545. The molecule has 1 aliphatic heterocycles. The summed E-state index contributed by atoms with van der Waals surface area (Å²) in [5.74, 6) is -0.159. The number of amides is 1. The maximum atomic E-state index is 11.9. The van der Waals surface area contributed by atoms with Crippen molar-refractivity contribution in [3.8, 4) is 0 Å². The van der Waals surface area contributed by atoms with Crippen LogP contribution in [0, 0.1) is 0 Å². The summed E-state index contributed by atoms with van der Waals surface area (Å²) in [4.78, 5) is 13.2. The number of rotatable bonds is 5. The molecule has 0 spiro atoms. The van der Waals surface area contributed by atoms with Crippen molar-refractivity contribution in [1.29, 1.82) is 0 Å². The fourth-order valence-electron chi connectivity index (χ4n) is 2.18. The van der Waals surface area contributed by atoms with Crippen molar-refractivity contribution >= 4 is 21.8 Å². The number of quaternary nitrogens is 1. The van der Waals surface area contributed by atoms with Gasteiger partial charge in [-0.05, 0) is 24.3 Å². The minimum absolute atomic E-state index is 0.159. The second kappa shape index (κ2) is 7.73. The van der Waals surface area contributed by atoms with E-state index < -0.39 is 6.10 Å². The smallest absolute Gasteiger partial charge is 0.251 e. The number of benzene rings is 1. The summed E-state index contributed by atoms with van der Waals surface area (Å²) in [6, 6.07) is 7.14. The fourth-order valence-corrected chi connectivity index (χ4v) is 2.45. The molecular weight excluding hydrogens is 324 g/mol. The summed E-state index contributed by atoms with van der Waals surface area (Å²) in [7, 11) is 0. The second-order valence-corrected chi connectivity index (χ2v) is 5.85. The average Bonchev–Trinajstić information content (AvgIpc) is 2.46. The molecule has 0 aromatic heterocycles. The Morgan fingerprint density at radius 2 is 2.00 bits per heavy atom. The predicted molar refractivity (Wildman–Crippen MR) is 78.9 cm³/mol. The van der Waals surface area contributed by atoms with E-state index in [0.29, 0.717) is 12.1 Å². The number of carbonyl (C=O) groups excluding carboxylic acids is 1. The molecule has 1 amide bonds. The summed E-state index contributed by atoms with van der Waals surface area (Å²) >= 11 is 3.33. The average molecular weight is 344 g/mol. The Kier molecular flexibility index (Phi) is 5.97. The fraction of sp³-hybridized carbons (Fsp3) is 0.500. The molecule has 110 valence electrons. The first-order valence-electron chi connectivity index (χ1n) is 6.78. The van der Waals surface area contributed by atoms with Crippen molar-refractivity contribution in [2.45, 2.75) is 6.10 Å². The lowest BCUT2D eigenvalue weighted by molar-refractivity contribution is -0.910. The van der Waals surface area contributed by atoms with Crippen LogP contribution >= 0.6 is 15.9 Å². The highest BCUT2D eigenvalue weighted by molar-refractivity contribution is 9.10. The van der Waals surface area contributed by atoms with Crippen LogP contribution in [0.15, 0.2) is 28.7 Å². The number of ether oxygens (including phenoxy) is 1. The van der Waals surface area contributed by atoms with E-state index in [0.717, 1.165) is 30.8 Å². The SMILES string of the molecule is O=C(NC[C@@H](O)C[NH+]1CCOCC1)c1ccc(Br)cc1. The van der Waals surface area contributed by atoms with Gasteiger partial charge in [-0.2, -0.15) is 0 Å². The Balaban J connectivity index is 1.73. The number of hydrogen-bond donors (Lipinski definition) is 3. The van der Waals surface area contributed by atoms with Gasteiger partial charge in [0.1, 0.15) is 25.7 Å². The van der Waals surface area contributed by atoms with Gasteiger partial charge in [0, 0.05) is 16.6 Å². The zero-order valence-corrected chi connectivity index (χ0v) is 12.9. The molecule has 1 aliphatic rings. The van der Waals surface area contributed by atoms with Gasteiger partial charge in [-0.1, -0.05) is 15.9 Å². The van der Waals surface area contributed by atoms with Crippen LogP contribution in [0.1, 0.15) is 10.4 Å². The minimum atomic E-state index is -0.525. The summed E-state index contributed by atoms with van der Waals surface area (Å²) in [5.41, 5.74) is 0.596. The zero-order chi connectivity index (χ0) is 14.4. The molecule has 0 aliphatic carbocycles. The molecule has 0 radical (unpaired) electrons. The lowest BCUT2D eigenvalue weighted by Gasteiger charge is -2.25. The maximum absolute atomic E-state index is 11.9. The van der Waals surface area contributed by atoms with Crippen molar-refractivity contribution in [2.24, 2.45) is 0 Å². The van der Waals surface area contributed by atoms with E-state index >= 15 is 0 Å². The largest absolute Gasteiger partial charge is 0.385 e. The normalized spacial score (nSPS) is 17.7. The molecule has 1 fully saturated rings. The first-order valence-corrected chi connectivity index (χ1v) is 7.57. The third kappa shape index (κ3) is 4.86. The van der Waals surface area contributed by atoms with E-state index in [-0.39, 0.29) is 12.5 Å². The topological polar surface area (TPSA) is 63.0 Å². The van der Waals surface area contributed by atoms with E-state index in [2.05, 4.69) is 21.2 Å². The van der Waals surface area contributed by atoms with Crippen molar-refractivity contribution in [2.75, 3.05) is 39.4 Å². The van der Waals surface area contributed by atoms with Gasteiger partial charge < -0.3 is 20.1 Å². The number of hydrogen-bond acceptors (Lipinski definition) is 3. The Labute approximate surface area is 127 Å². The third-order valence-electron chi connectivity index (χ3n) is 3.33. The first-order chi connectivity index (χ1) is 9.65. The van der Waals surface area contributed by atoms with Gasteiger partial charge >= 0.3 is 0 Å². The van der Waals surface area contributed by atoms with Crippen LogP contribution in [0.2, 0.25) is 0 Å². The zero-order valence-electron chi connectivity index (χ0n) is 11.3. The highest BCUT2D eigenvalue weighted by atomic mass is 79.9. The molecule has 1 aromatic rings. The maximum Gasteiger partial charge on any atom is 0.251 e. The highest BCUT2D eigenvalue weighted by Gasteiger charge is 2.18. The summed E-state index contributed by atoms with van der Waals surface area (Å²) < 4.78 is 6.21. The van der Waals surface area contributed by atoms with Gasteiger partial charge in [0.2, 0.25) is 0 Å². The molecule has 2 rings (SSSR count). The molecule has 6 heteroatoms. The summed E-state index contributed by atoms with van der Waals surface area (Å²) in [6.07, 6.45) is -0.525. The van der Waals surface area contributed by atoms with Crippen molar-refractivity contribution in [3.05, 3.63) is 34.3 Å². The van der Waals surface area contributed by atoms with Crippen molar-refractivity contribution in [3.63, 3.8) is 0 Å².